The fourth-order valence-electron chi connectivity index (χ4n) is 2.12. The van der Waals surface area contributed by atoms with Gasteiger partial charge in [-0.05, 0) is 36.2 Å². The van der Waals surface area contributed by atoms with Crippen LogP contribution in [0.2, 0.25) is 5.02 Å². The SMILES string of the molecule is O=C(C[C@H](Cc1ccccc1)C(=O)O)c1ccc(Cl)cc1. The van der Waals surface area contributed by atoms with Crippen LogP contribution in [0.3, 0.4) is 0 Å². The predicted molar refractivity (Wildman–Crippen MR) is 81.7 cm³/mol. The number of halogens is 1. The molecule has 0 aliphatic heterocycles. The predicted octanol–water partition coefficient (Wildman–Crippen LogP) is 3.86. The summed E-state index contributed by atoms with van der Waals surface area (Å²) in [4.78, 5) is 23.5. The van der Waals surface area contributed by atoms with Gasteiger partial charge >= 0.3 is 5.97 Å². The molecule has 0 radical (unpaired) electrons. The van der Waals surface area contributed by atoms with Crippen molar-refractivity contribution in [3.8, 4) is 0 Å². The quantitative estimate of drug-likeness (QED) is 0.824. The van der Waals surface area contributed by atoms with Crippen molar-refractivity contribution in [1.29, 1.82) is 0 Å². The van der Waals surface area contributed by atoms with E-state index in [0.29, 0.717) is 17.0 Å². The minimum absolute atomic E-state index is 0.0220. The molecular weight excluding hydrogens is 288 g/mol. The Morgan fingerprint density at radius 1 is 1.00 bits per heavy atom. The van der Waals surface area contributed by atoms with E-state index in [-0.39, 0.29) is 12.2 Å². The number of benzene rings is 2. The molecule has 108 valence electrons. The summed E-state index contributed by atoms with van der Waals surface area (Å²) in [7, 11) is 0. The third-order valence-electron chi connectivity index (χ3n) is 3.27. The zero-order valence-electron chi connectivity index (χ0n) is 11.3. The molecule has 1 atom stereocenters. The second-order valence-electron chi connectivity index (χ2n) is 4.86. The molecule has 0 unspecified atom stereocenters. The maximum absolute atomic E-state index is 12.2. The van der Waals surface area contributed by atoms with E-state index in [1.807, 2.05) is 30.3 Å². The van der Waals surface area contributed by atoms with Crippen molar-refractivity contribution in [1.82, 2.24) is 0 Å². The number of ketones is 1. The Morgan fingerprint density at radius 2 is 1.62 bits per heavy atom. The van der Waals surface area contributed by atoms with E-state index in [0.717, 1.165) is 5.56 Å². The minimum Gasteiger partial charge on any atom is -0.481 e. The molecule has 0 amide bonds. The van der Waals surface area contributed by atoms with E-state index in [1.165, 1.54) is 0 Å². The first kappa shape index (κ1) is 15.3. The monoisotopic (exact) mass is 302 g/mol. The van der Waals surface area contributed by atoms with Crippen molar-refractivity contribution in [2.24, 2.45) is 5.92 Å². The molecular formula is C17H15ClO3. The summed E-state index contributed by atoms with van der Waals surface area (Å²) in [6, 6.07) is 15.8. The molecule has 0 spiro atoms. The van der Waals surface area contributed by atoms with Gasteiger partial charge in [0.2, 0.25) is 0 Å². The molecule has 2 aromatic rings. The number of carboxylic acid groups (broad SMARTS) is 1. The lowest BCUT2D eigenvalue weighted by Gasteiger charge is -2.11. The number of carboxylic acids is 1. The van der Waals surface area contributed by atoms with Crippen molar-refractivity contribution in [3.05, 3.63) is 70.7 Å². The first-order valence-electron chi connectivity index (χ1n) is 6.62. The molecule has 0 aromatic heterocycles. The Bertz CT molecular complexity index is 620. The van der Waals surface area contributed by atoms with Gasteiger partial charge in [0.15, 0.2) is 5.78 Å². The molecule has 3 nitrogen and oxygen atoms in total. The summed E-state index contributed by atoms with van der Waals surface area (Å²) in [5.41, 5.74) is 1.40. The van der Waals surface area contributed by atoms with E-state index in [2.05, 4.69) is 0 Å². The van der Waals surface area contributed by atoms with Gasteiger partial charge in [-0.2, -0.15) is 0 Å². The van der Waals surface area contributed by atoms with Gasteiger partial charge in [-0.25, -0.2) is 0 Å². The first-order valence-corrected chi connectivity index (χ1v) is 6.99. The summed E-state index contributed by atoms with van der Waals surface area (Å²) in [5, 5.41) is 9.85. The van der Waals surface area contributed by atoms with Crippen LogP contribution in [0.5, 0.6) is 0 Å². The van der Waals surface area contributed by atoms with Gasteiger partial charge in [-0.15, -0.1) is 0 Å². The van der Waals surface area contributed by atoms with Crippen LogP contribution in [0.15, 0.2) is 54.6 Å². The molecule has 0 aliphatic rings. The third kappa shape index (κ3) is 4.43. The van der Waals surface area contributed by atoms with Crippen molar-refractivity contribution in [3.63, 3.8) is 0 Å². The maximum atomic E-state index is 12.2. The van der Waals surface area contributed by atoms with Gasteiger partial charge in [0.05, 0.1) is 5.92 Å². The smallest absolute Gasteiger partial charge is 0.307 e. The Balaban J connectivity index is 2.07. The molecule has 2 rings (SSSR count). The van der Waals surface area contributed by atoms with Crippen LogP contribution in [-0.4, -0.2) is 16.9 Å². The topological polar surface area (TPSA) is 54.4 Å². The Labute approximate surface area is 128 Å². The van der Waals surface area contributed by atoms with Crippen LogP contribution >= 0.6 is 11.6 Å². The van der Waals surface area contributed by atoms with Crippen molar-refractivity contribution >= 4 is 23.4 Å². The first-order chi connectivity index (χ1) is 10.1. The van der Waals surface area contributed by atoms with Gasteiger partial charge in [-0.3, -0.25) is 9.59 Å². The molecule has 21 heavy (non-hydrogen) atoms. The largest absolute Gasteiger partial charge is 0.481 e. The van der Waals surface area contributed by atoms with E-state index < -0.39 is 11.9 Å². The molecule has 2 aromatic carbocycles. The standard InChI is InChI=1S/C17H15ClO3/c18-15-8-6-13(7-9-15)16(19)11-14(17(20)21)10-12-4-2-1-3-5-12/h1-9,14H,10-11H2,(H,20,21)/t14-/m0/s1. The minimum atomic E-state index is -0.957. The molecule has 0 heterocycles. The van der Waals surface area contributed by atoms with Gasteiger partial charge in [0.1, 0.15) is 0 Å². The van der Waals surface area contributed by atoms with Crippen LogP contribution in [-0.2, 0) is 11.2 Å². The lowest BCUT2D eigenvalue weighted by atomic mass is 9.92. The van der Waals surface area contributed by atoms with Crippen LogP contribution in [0.4, 0.5) is 0 Å². The fourth-order valence-corrected chi connectivity index (χ4v) is 2.25. The number of rotatable bonds is 6. The van der Waals surface area contributed by atoms with E-state index in [1.54, 1.807) is 24.3 Å². The highest BCUT2D eigenvalue weighted by Gasteiger charge is 2.22. The second-order valence-corrected chi connectivity index (χ2v) is 5.30. The fraction of sp³-hybridized carbons (Fsp3) is 0.176. The van der Waals surface area contributed by atoms with Gasteiger partial charge in [-0.1, -0.05) is 41.9 Å². The average Bonchev–Trinajstić information content (AvgIpc) is 2.48. The van der Waals surface area contributed by atoms with Crippen molar-refractivity contribution in [2.45, 2.75) is 12.8 Å². The van der Waals surface area contributed by atoms with Crippen molar-refractivity contribution < 1.29 is 14.7 Å². The van der Waals surface area contributed by atoms with E-state index in [9.17, 15) is 14.7 Å². The highest BCUT2D eigenvalue weighted by molar-refractivity contribution is 6.30. The molecule has 0 bridgehead atoms. The van der Waals surface area contributed by atoms with E-state index in [4.69, 9.17) is 11.6 Å². The molecule has 0 fully saturated rings. The summed E-state index contributed by atoms with van der Waals surface area (Å²) < 4.78 is 0. The summed E-state index contributed by atoms with van der Waals surface area (Å²) in [6.45, 7) is 0. The number of hydrogen-bond acceptors (Lipinski definition) is 2. The van der Waals surface area contributed by atoms with Gasteiger partial charge in [0, 0.05) is 17.0 Å². The number of carbonyl (C=O) groups is 2. The summed E-state index contributed by atoms with van der Waals surface area (Å²) in [5.74, 6) is -1.87. The number of Topliss-reactive ketones (excluding diaryl/α,β-unsaturated/α-hetero) is 1. The highest BCUT2D eigenvalue weighted by Crippen LogP contribution is 2.17. The summed E-state index contributed by atoms with van der Waals surface area (Å²) >= 11 is 5.77. The molecule has 0 saturated carbocycles. The normalized spacial score (nSPS) is 11.9. The van der Waals surface area contributed by atoms with Crippen LogP contribution < -0.4 is 0 Å². The second kappa shape index (κ2) is 7.04. The lowest BCUT2D eigenvalue weighted by molar-refractivity contribution is -0.141. The molecule has 0 aliphatic carbocycles. The third-order valence-corrected chi connectivity index (χ3v) is 3.52. The van der Waals surface area contributed by atoms with E-state index >= 15 is 0 Å². The maximum Gasteiger partial charge on any atom is 0.307 e. The molecule has 0 saturated heterocycles. The van der Waals surface area contributed by atoms with Crippen LogP contribution in [0.25, 0.3) is 0 Å². The lowest BCUT2D eigenvalue weighted by Crippen LogP contribution is -2.20. The van der Waals surface area contributed by atoms with Crippen LogP contribution in [0.1, 0.15) is 22.3 Å². The van der Waals surface area contributed by atoms with Gasteiger partial charge in [0.25, 0.3) is 0 Å². The zero-order chi connectivity index (χ0) is 15.2. The van der Waals surface area contributed by atoms with Crippen molar-refractivity contribution in [2.75, 3.05) is 0 Å². The van der Waals surface area contributed by atoms with Crippen LogP contribution in [0, 0.1) is 5.92 Å². The number of carbonyl (C=O) groups excluding carboxylic acids is 1. The number of aliphatic carboxylic acids is 1. The highest BCUT2D eigenvalue weighted by atomic mass is 35.5. The Kier molecular flexibility index (Phi) is 5.12. The zero-order valence-corrected chi connectivity index (χ0v) is 12.1. The molecule has 4 heteroatoms. The molecule has 1 N–H and O–H groups in total. The average molecular weight is 303 g/mol. The number of hydrogen-bond donors (Lipinski definition) is 1. The Morgan fingerprint density at radius 3 is 2.19 bits per heavy atom. The summed E-state index contributed by atoms with van der Waals surface area (Å²) in [6.07, 6.45) is 0.321. The van der Waals surface area contributed by atoms with Gasteiger partial charge < -0.3 is 5.11 Å². The Hall–Kier alpha value is -2.13.